The van der Waals surface area contributed by atoms with Crippen LogP contribution in [0.3, 0.4) is 0 Å². The van der Waals surface area contributed by atoms with Gasteiger partial charge in [-0.2, -0.15) is 0 Å². The Labute approximate surface area is 143 Å². The number of benzene rings is 1. The van der Waals surface area contributed by atoms with Crippen LogP contribution in [-0.2, 0) is 16.0 Å². The average Bonchev–Trinajstić information content (AvgIpc) is 3.10. The molecular weight excluding hydrogens is 324 g/mol. The molecular formula is C17H18N4O2S. The fourth-order valence-electron chi connectivity index (χ4n) is 2.15. The van der Waals surface area contributed by atoms with E-state index in [1.54, 1.807) is 24.3 Å². The molecule has 2 N–H and O–H groups in total. The number of carbonyl (C=O) groups excluding carboxylic acids is 2. The predicted octanol–water partition coefficient (Wildman–Crippen LogP) is 3.17. The summed E-state index contributed by atoms with van der Waals surface area (Å²) in [6, 6.07) is 7.06. The minimum absolute atomic E-state index is 0.0356. The summed E-state index contributed by atoms with van der Waals surface area (Å²) in [5, 5.41) is 7.59. The zero-order valence-corrected chi connectivity index (χ0v) is 14.3. The molecule has 0 saturated heterocycles. The second-order valence-electron chi connectivity index (χ2n) is 5.77. The van der Waals surface area contributed by atoms with E-state index in [4.69, 9.17) is 0 Å². The molecule has 0 aliphatic rings. The first-order valence-corrected chi connectivity index (χ1v) is 8.51. The van der Waals surface area contributed by atoms with Crippen LogP contribution in [0, 0.1) is 5.92 Å². The van der Waals surface area contributed by atoms with Crippen LogP contribution >= 0.6 is 11.3 Å². The molecule has 0 unspecified atom stereocenters. The zero-order valence-electron chi connectivity index (χ0n) is 13.4. The number of thiazole rings is 1. The van der Waals surface area contributed by atoms with Crippen LogP contribution in [0.4, 0.5) is 11.4 Å². The first-order valence-electron chi connectivity index (χ1n) is 7.63. The van der Waals surface area contributed by atoms with E-state index in [0.29, 0.717) is 11.4 Å². The number of anilines is 2. The Morgan fingerprint density at radius 2 is 1.83 bits per heavy atom. The average molecular weight is 342 g/mol. The van der Waals surface area contributed by atoms with E-state index in [2.05, 4.69) is 15.6 Å². The Balaban J connectivity index is 1.58. The number of imidazole rings is 1. The van der Waals surface area contributed by atoms with E-state index < -0.39 is 0 Å². The second-order valence-corrected chi connectivity index (χ2v) is 6.64. The number of nitrogens with one attached hydrogen (secondary N) is 2. The normalized spacial score (nSPS) is 11.0. The lowest BCUT2D eigenvalue weighted by Gasteiger charge is -2.09. The van der Waals surface area contributed by atoms with Gasteiger partial charge in [-0.25, -0.2) is 4.98 Å². The van der Waals surface area contributed by atoms with Gasteiger partial charge in [0.25, 0.3) is 0 Å². The number of nitrogens with zero attached hydrogens (tertiary/aromatic N) is 2. The topological polar surface area (TPSA) is 75.5 Å². The molecule has 2 aromatic heterocycles. The number of rotatable bonds is 5. The summed E-state index contributed by atoms with van der Waals surface area (Å²) < 4.78 is 1.90. The van der Waals surface area contributed by atoms with Crippen molar-refractivity contribution >= 4 is 39.5 Å². The Kier molecular flexibility index (Phi) is 4.61. The molecule has 7 heteroatoms. The van der Waals surface area contributed by atoms with Gasteiger partial charge in [0.15, 0.2) is 4.96 Å². The first kappa shape index (κ1) is 16.2. The van der Waals surface area contributed by atoms with E-state index >= 15 is 0 Å². The van der Waals surface area contributed by atoms with Crippen LogP contribution in [0.1, 0.15) is 19.5 Å². The molecule has 24 heavy (non-hydrogen) atoms. The van der Waals surface area contributed by atoms with Crippen LogP contribution in [0.5, 0.6) is 0 Å². The van der Waals surface area contributed by atoms with Crippen molar-refractivity contribution in [3.63, 3.8) is 0 Å². The molecule has 0 spiro atoms. The van der Waals surface area contributed by atoms with Crippen molar-refractivity contribution in [2.45, 2.75) is 20.3 Å². The highest BCUT2D eigenvalue weighted by Gasteiger charge is 2.10. The summed E-state index contributed by atoms with van der Waals surface area (Å²) in [7, 11) is 0. The SMILES string of the molecule is CC(C)C(=O)Nc1ccc(NC(=O)Cc2cn3ccsc3n2)cc1. The minimum atomic E-state index is -0.125. The minimum Gasteiger partial charge on any atom is -0.326 e. The maximum atomic E-state index is 12.1. The van der Waals surface area contributed by atoms with Crippen molar-refractivity contribution in [2.75, 3.05) is 10.6 Å². The molecule has 2 heterocycles. The summed E-state index contributed by atoms with van der Waals surface area (Å²) in [6.45, 7) is 3.67. The van der Waals surface area contributed by atoms with E-state index in [1.165, 1.54) is 11.3 Å². The van der Waals surface area contributed by atoms with Gasteiger partial charge in [-0.3, -0.25) is 14.0 Å². The summed E-state index contributed by atoms with van der Waals surface area (Å²) in [5.41, 5.74) is 2.13. The first-order chi connectivity index (χ1) is 11.5. The molecule has 0 fully saturated rings. The van der Waals surface area contributed by atoms with E-state index in [9.17, 15) is 9.59 Å². The number of carbonyl (C=O) groups is 2. The summed E-state index contributed by atoms with van der Waals surface area (Å²) in [6.07, 6.45) is 3.99. The molecule has 6 nitrogen and oxygen atoms in total. The van der Waals surface area contributed by atoms with E-state index in [0.717, 1.165) is 10.7 Å². The van der Waals surface area contributed by atoms with Crippen molar-refractivity contribution < 1.29 is 9.59 Å². The third-order valence-corrected chi connectivity index (χ3v) is 4.22. The van der Waals surface area contributed by atoms with Gasteiger partial charge in [0, 0.05) is 35.1 Å². The van der Waals surface area contributed by atoms with Crippen molar-refractivity contribution in [3.8, 4) is 0 Å². The highest BCUT2D eigenvalue weighted by atomic mass is 32.1. The molecule has 0 atom stereocenters. The van der Waals surface area contributed by atoms with Crippen LogP contribution in [0.25, 0.3) is 4.96 Å². The maximum absolute atomic E-state index is 12.1. The van der Waals surface area contributed by atoms with Gasteiger partial charge in [0.2, 0.25) is 11.8 Å². The Bertz CT molecular complexity index is 836. The van der Waals surface area contributed by atoms with Gasteiger partial charge in [-0.05, 0) is 24.3 Å². The third-order valence-electron chi connectivity index (χ3n) is 3.45. The molecule has 0 aliphatic carbocycles. The number of hydrogen-bond donors (Lipinski definition) is 2. The van der Waals surface area contributed by atoms with E-state index in [-0.39, 0.29) is 24.2 Å². The second kappa shape index (κ2) is 6.84. The van der Waals surface area contributed by atoms with Gasteiger partial charge >= 0.3 is 0 Å². The molecule has 0 radical (unpaired) electrons. The number of amides is 2. The highest BCUT2D eigenvalue weighted by Crippen LogP contribution is 2.16. The predicted molar refractivity (Wildman–Crippen MR) is 95.3 cm³/mol. The van der Waals surface area contributed by atoms with Gasteiger partial charge in [0.1, 0.15) is 0 Å². The van der Waals surface area contributed by atoms with Crippen LogP contribution in [-0.4, -0.2) is 21.2 Å². The Hall–Kier alpha value is -2.67. The molecule has 0 bridgehead atoms. The van der Waals surface area contributed by atoms with Crippen molar-refractivity contribution in [3.05, 3.63) is 47.7 Å². The van der Waals surface area contributed by atoms with E-state index in [1.807, 2.05) is 36.0 Å². The summed E-state index contributed by atoms with van der Waals surface area (Å²) >= 11 is 1.53. The molecule has 0 aliphatic heterocycles. The molecule has 124 valence electrons. The van der Waals surface area contributed by atoms with Crippen LogP contribution in [0.2, 0.25) is 0 Å². The molecule has 3 aromatic rings. The number of fused-ring (bicyclic) bond motifs is 1. The zero-order chi connectivity index (χ0) is 17.1. The summed E-state index contributed by atoms with van der Waals surface area (Å²) in [5.74, 6) is -0.236. The van der Waals surface area contributed by atoms with Gasteiger partial charge < -0.3 is 10.6 Å². The molecule has 0 saturated carbocycles. The van der Waals surface area contributed by atoms with Crippen molar-refractivity contribution in [1.29, 1.82) is 0 Å². The molecule has 3 rings (SSSR count). The largest absolute Gasteiger partial charge is 0.326 e. The number of hydrogen-bond acceptors (Lipinski definition) is 4. The quantitative estimate of drug-likeness (QED) is 0.748. The lowest BCUT2D eigenvalue weighted by atomic mass is 10.2. The third kappa shape index (κ3) is 3.80. The summed E-state index contributed by atoms with van der Waals surface area (Å²) in [4.78, 5) is 29.0. The Morgan fingerprint density at radius 1 is 1.17 bits per heavy atom. The Morgan fingerprint density at radius 3 is 2.46 bits per heavy atom. The highest BCUT2D eigenvalue weighted by molar-refractivity contribution is 7.15. The fraction of sp³-hybridized carbons (Fsp3) is 0.235. The lowest BCUT2D eigenvalue weighted by Crippen LogP contribution is -2.18. The lowest BCUT2D eigenvalue weighted by molar-refractivity contribution is -0.119. The van der Waals surface area contributed by atoms with Gasteiger partial charge in [-0.1, -0.05) is 13.8 Å². The van der Waals surface area contributed by atoms with Crippen molar-refractivity contribution in [1.82, 2.24) is 9.38 Å². The smallest absolute Gasteiger partial charge is 0.230 e. The maximum Gasteiger partial charge on any atom is 0.230 e. The van der Waals surface area contributed by atoms with Crippen LogP contribution in [0.15, 0.2) is 42.0 Å². The fourth-order valence-corrected chi connectivity index (χ4v) is 2.87. The standard InChI is InChI=1S/C17H18N4O2S/c1-11(2)16(23)19-13-5-3-12(4-6-13)18-15(22)9-14-10-21-7-8-24-17(21)20-14/h3-8,10-11H,9H2,1-2H3,(H,18,22)(H,19,23). The molecule has 1 aromatic carbocycles. The van der Waals surface area contributed by atoms with Crippen molar-refractivity contribution in [2.24, 2.45) is 5.92 Å². The van der Waals surface area contributed by atoms with Gasteiger partial charge in [0.05, 0.1) is 12.1 Å². The molecule has 2 amide bonds. The monoisotopic (exact) mass is 342 g/mol. The van der Waals surface area contributed by atoms with Gasteiger partial charge in [-0.15, -0.1) is 11.3 Å². The number of aromatic nitrogens is 2. The van der Waals surface area contributed by atoms with Crippen LogP contribution < -0.4 is 10.6 Å².